The Morgan fingerprint density at radius 2 is 1.25 bits per heavy atom. The lowest BCUT2D eigenvalue weighted by atomic mass is 9.89. The van der Waals surface area contributed by atoms with Crippen molar-refractivity contribution >= 4 is 32.4 Å². The minimum absolute atomic E-state index is 0.0547. The smallest absolute Gasteiger partial charge is 0.160 e. The Kier molecular flexibility index (Phi) is 3.70. The lowest BCUT2D eigenvalue weighted by Crippen LogP contribution is -2.15. The van der Waals surface area contributed by atoms with Crippen LogP contribution in [-0.2, 0) is 5.41 Å². The van der Waals surface area contributed by atoms with Crippen molar-refractivity contribution in [2.45, 2.75) is 26.2 Å². The molecule has 0 N–H and O–H groups in total. The quantitative estimate of drug-likeness (QED) is 0.303. The Morgan fingerprint density at radius 3 is 2.04 bits per heavy atom. The predicted octanol–water partition coefficient (Wildman–Crippen LogP) is 6.90. The second-order valence-electron chi connectivity index (χ2n) is 8.39. The summed E-state index contributed by atoms with van der Waals surface area (Å²) in [5, 5.41) is 6.12. The monoisotopic (exact) mass is 362 g/mol. The number of benzene rings is 4. The molecule has 0 atom stereocenters. The van der Waals surface area contributed by atoms with Crippen LogP contribution in [0.25, 0.3) is 43.8 Å². The fourth-order valence-corrected chi connectivity index (χ4v) is 3.92. The van der Waals surface area contributed by atoms with Crippen molar-refractivity contribution in [3.63, 3.8) is 0 Å². The summed E-state index contributed by atoms with van der Waals surface area (Å²) in [5.41, 5.74) is 3.09. The minimum atomic E-state index is -0.0547. The number of rotatable bonds is 1. The van der Waals surface area contributed by atoms with Crippen LogP contribution < -0.4 is 0 Å². The molecule has 136 valence electrons. The normalized spacial score (nSPS) is 12.1. The SMILES string of the molecule is CC(C)(C)c1nc(-c2ccc3ccc4ccccc4c3c2)nc2ccccc12. The molecule has 5 aromatic rings. The molecule has 28 heavy (non-hydrogen) atoms. The van der Waals surface area contributed by atoms with Crippen LogP contribution in [0.4, 0.5) is 0 Å². The van der Waals surface area contributed by atoms with Gasteiger partial charge in [0.1, 0.15) is 0 Å². The van der Waals surface area contributed by atoms with E-state index in [2.05, 4.69) is 93.6 Å². The maximum Gasteiger partial charge on any atom is 0.160 e. The summed E-state index contributed by atoms with van der Waals surface area (Å²) in [6.45, 7) is 6.62. The minimum Gasteiger partial charge on any atom is -0.232 e. The Bertz CT molecular complexity index is 1340. The highest BCUT2D eigenvalue weighted by molar-refractivity contribution is 6.08. The van der Waals surface area contributed by atoms with Crippen LogP contribution in [0, 0.1) is 0 Å². The second kappa shape index (κ2) is 6.13. The third-order valence-electron chi connectivity index (χ3n) is 5.32. The first-order chi connectivity index (χ1) is 13.5. The highest BCUT2D eigenvalue weighted by atomic mass is 14.9. The van der Waals surface area contributed by atoms with E-state index in [9.17, 15) is 0 Å². The average molecular weight is 362 g/mol. The number of para-hydroxylation sites is 1. The van der Waals surface area contributed by atoms with Gasteiger partial charge in [-0.2, -0.15) is 0 Å². The van der Waals surface area contributed by atoms with E-state index >= 15 is 0 Å². The first kappa shape index (κ1) is 16.9. The summed E-state index contributed by atoms with van der Waals surface area (Å²) in [4.78, 5) is 9.91. The van der Waals surface area contributed by atoms with Gasteiger partial charge in [0.2, 0.25) is 0 Å². The highest BCUT2D eigenvalue weighted by Crippen LogP contribution is 2.32. The van der Waals surface area contributed by atoms with Gasteiger partial charge in [-0.25, -0.2) is 9.97 Å². The molecule has 0 amide bonds. The van der Waals surface area contributed by atoms with Gasteiger partial charge in [-0.15, -0.1) is 0 Å². The first-order valence-corrected chi connectivity index (χ1v) is 9.70. The molecule has 0 aliphatic heterocycles. The van der Waals surface area contributed by atoms with Crippen LogP contribution >= 0.6 is 0 Å². The van der Waals surface area contributed by atoms with Gasteiger partial charge in [0.05, 0.1) is 11.2 Å². The van der Waals surface area contributed by atoms with Crippen LogP contribution in [0.15, 0.2) is 78.9 Å². The average Bonchev–Trinajstić information content (AvgIpc) is 2.71. The molecule has 0 saturated heterocycles. The maximum absolute atomic E-state index is 5.02. The zero-order valence-electron chi connectivity index (χ0n) is 16.4. The van der Waals surface area contributed by atoms with Gasteiger partial charge >= 0.3 is 0 Å². The van der Waals surface area contributed by atoms with Crippen LogP contribution in [-0.4, -0.2) is 9.97 Å². The van der Waals surface area contributed by atoms with Crippen molar-refractivity contribution in [3.8, 4) is 11.4 Å². The summed E-state index contributed by atoms with van der Waals surface area (Å²) in [5.74, 6) is 0.790. The van der Waals surface area contributed by atoms with E-state index in [1.807, 2.05) is 6.07 Å². The Labute approximate surface area is 164 Å². The molecule has 0 saturated carbocycles. The fraction of sp³-hybridized carbons (Fsp3) is 0.154. The van der Waals surface area contributed by atoms with E-state index in [4.69, 9.17) is 9.97 Å². The first-order valence-electron chi connectivity index (χ1n) is 9.70. The number of hydrogen-bond acceptors (Lipinski definition) is 2. The van der Waals surface area contributed by atoms with Crippen LogP contribution in [0.2, 0.25) is 0 Å². The van der Waals surface area contributed by atoms with Gasteiger partial charge < -0.3 is 0 Å². The second-order valence-corrected chi connectivity index (χ2v) is 8.39. The van der Waals surface area contributed by atoms with Crippen molar-refractivity contribution in [1.29, 1.82) is 0 Å². The maximum atomic E-state index is 5.02. The van der Waals surface area contributed by atoms with Gasteiger partial charge in [-0.05, 0) is 33.7 Å². The standard InChI is InChI=1S/C26H22N2/c1-26(2,3)24-21-10-6-7-11-23(21)27-25(28-24)19-15-14-18-13-12-17-8-4-5-9-20(17)22(18)16-19/h4-16H,1-3H3. The molecule has 0 unspecified atom stereocenters. The third-order valence-corrected chi connectivity index (χ3v) is 5.32. The van der Waals surface area contributed by atoms with Crippen molar-refractivity contribution < 1.29 is 0 Å². The summed E-state index contributed by atoms with van der Waals surface area (Å²) >= 11 is 0. The van der Waals surface area contributed by atoms with Crippen molar-refractivity contribution in [1.82, 2.24) is 9.97 Å². The third kappa shape index (κ3) is 2.73. The molecule has 0 spiro atoms. The van der Waals surface area contributed by atoms with E-state index in [1.54, 1.807) is 0 Å². The van der Waals surface area contributed by atoms with Gasteiger partial charge in [-0.1, -0.05) is 87.5 Å². The van der Waals surface area contributed by atoms with Gasteiger partial charge in [-0.3, -0.25) is 0 Å². The molecule has 1 heterocycles. The van der Waals surface area contributed by atoms with Crippen LogP contribution in [0.1, 0.15) is 26.5 Å². The molecule has 4 aromatic carbocycles. The number of hydrogen-bond donors (Lipinski definition) is 0. The summed E-state index contributed by atoms with van der Waals surface area (Å²) in [7, 11) is 0. The Balaban J connectivity index is 1.80. The van der Waals surface area contributed by atoms with Gasteiger partial charge in [0.25, 0.3) is 0 Å². The zero-order valence-corrected chi connectivity index (χ0v) is 16.4. The molecule has 0 bridgehead atoms. The zero-order chi connectivity index (χ0) is 19.3. The summed E-state index contributed by atoms with van der Waals surface area (Å²) in [6, 6.07) is 27.7. The molecule has 2 nitrogen and oxygen atoms in total. The molecule has 0 radical (unpaired) electrons. The Morgan fingerprint density at radius 1 is 0.607 bits per heavy atom. The molecule has 1 aromatic heterocycles. The van der Waals surface area contributed by atoms with Gasteiger partial charge in [0, 0.05) is 16.4 Å². The highest BCUT2D eigenvalue weighted by Gasteiger charge is 2.21. The number of aromatic nitrogens is 2. The molecule has 0 aliphatic carbocycles. The predicted molar refractivity (Wildman–Crippen MR) is 119 cm³/mol. The van der Waals surface area contributed by atoms with Crippen molar-refractivity contribution in [2.75, 3.05) is 0 Å². The fourth-order valence-electron chi connectivity index (χ4n) is 3.92. The molecule has 5 rings (SSSR count). The van der Waals surface area contributed by atoms with E-state index < -0.39 is 0 Å². The van der Waals surface area contributed by atoms with E-state index in [-0.39, 0.29) is 5.41 Å². The van der Waals surface area contributed by atoms with E-state index in [1.165, 1.54) is 21.5 Å². The van der Waals surface area contributed by atoms with Crippen LogP contribution in [0.5, 0.6) is 0 Å². The lowest BCUT2D eigenvalue weighted by Gasteiger charge is -2.20. The number of nitrogens with zero attached hydrogens (tertiary/aromatic N) is 2. The van der Waals surface area contributed by atoms with Crippen molar-refractivity contribution in [3.05, 3.63) is 84.6 Å². The Hall–Kier alpha value is -3.26. The lowest BCUT2D eigenvalue weighted by molar-refractivity contribution is 0.575. The molecular formula is C26H22N2. The molecular weight excluding hydrogens is 340 g/mol. The topological polar surface area (TPSA) is 25.8 Å². The van der Waals surface area contributed by atoms with Gasteiger partial charge in [0.15, 0.2) is 5.82 Å². The summed E-state index contributed by atoms with van der Waals surface area (Å²) < 4.78 is 0. The number of fused-ring (bicyclic) bond motifs is 4. The molecule has 2 heteroatoms. The molecule has 0 aliphatic rings. The summed E-state index contributed by atoms with van der Waals surface area (Å²) in [6.07, 6.45) is 0. The molecule has 0 fully saturated rings. The van der Waals surface area contributed by atoms with E-state index in [0.717, 1.165) is 28.0 Å². The van der Waals surface area contributed by atoms with Crippen molar-refractivity contribution in [2.24, 2.45) is 0 Å². The van der Waals surface area contributed by atoms with E-state index in [0.29, 0.717) is 0 Å². The van der Waals surface area contributed by atoms with Crippen LogP contribution in [0.3, 0.4) is 0 Å². The largest absolute Gasteiger partial charge is 0.232 e.